The number of aryl methyl sites for hydroxylation is 1. The Bertz CT molecular complexity index is 823. The quantitative estimate of drug-likeness (QED) is 0.792. The maximum absolute atomic E-state index is 6.46. The molecular weight excluding hydrogens is 350 g/mol. The van der Waals surface area contributed by atoms with Crippen molar-refractivity contribution in [3.63, 3.8) is 0 Å². The number of rotatable bonds is 3. The highest BCUT2D eigenvalue weighted by atomic mass is 35.5. The Hall–Kier alpha value is -1.91. The van der Waals surface area contributed by atoms with Crippen LogP contribution >= 0.6 is 11.6 Å². The molecule has 2 aromatic rings. The zero-order valence-corrected chi connectivity index (χ0v) is 16.1. The van der Waals surface area contributed by atoms with Gasteiger partial charge in [0.25, 0.3) is 0 Å². The van der Waals surface area contributed by atoms with Gasteiger partial charge < -0.3 is 19.5 Å². The van der Waals surface area contributed by atoms with E-state index in [-0.39, 0.29) is 12.1 Å². The molecule has 26 heavy (non-hydrogen) atoms. The highest BCUT2D eigenvalue weighted by Gasteiger charge is 2.40. The van der Waals surface area contributed by atoms with Gasteiger partial charge >= 0.3 is 0 Å². The number of nitrogens with one attached hydrogen (secondary N) is 1. The van der Waals surface area contributed by atoms with Gasteiger partial charge in [0.1, 0.15) is 0 Å². The molecule has 1 N–H and O–H groups in total. The van der Waals surface area contributed by atoms with Crippen molar-refractivity contribution in [3.8, 4) is 11.5 Å². The van der Waals surface area contributed by atoms with E-state index in [1.807, 2.05) is 12.1 Å². The van der Waals surface area contributed by atoms with E-state index in [9.17, 15) is 0 Å². The Morgan fingerprint density at radius 1 is 1.15 bits per heavy atom. The van der Waals surface area contributed by atoms with Crippen molar-refractivity contribution in [3.05, 3.63) is 52.0 Å². The number of benzene rings is 2. The van der Waals surface area contributed by atoms with Crippen LogP contribution in [-0.4, -0.2) is 20.8 Å². The van der Waals surface area contributed by atoms with Gasteiger partial charge in [-0.1, -0.05) is 29.3 Å². The van der Waals surface area contributed by atoms with Crippen LogP contribution in [-0.2, 0) is 4.74 Å². The maximum Gasteiger partial charge on any atom is 0.179 e. The molecule has 2 aromatic carbocycles. The molecule has 0 unspecified atom stereocenters. The minimum absolute atomic E-state index is 0.108. The van der Waals surface area contributed by atoms with E-state index in [4.69, 9.17) is 25.8 Å². The molecule has 0 aliphatic carbocycles. The number of fused-ring (bicyclic) bond motifs is 3. The first-order valence-electron chi connectivity index (χ1n) is 9.02. The first-order valence-corrected chi connectivity index (χ1v) is 9.40. The van der Waals surface area contributed by atoms with E-state index in [2.05, 4.69) is 30.4 Å². The summed E-state index contributed by atoms with van der Waals surface area (Å²) in [5.74, 6) is 1.58. The fourth-order valence-corrected chi connectivity index (χ4v) is 4.53. The molecule has 0 aromatic heterocycles. The summed E-state index contributed by atoms with van der Waals surface area (Å²) in [6, 6.07) is 10.6. The molecule has 2 aliphatic rings. The molecule has 0 radical (unpaired) electrons. The lowest BCUT2D eigenvalue weighted by atomic mass is 9.77. The summed E-state index contributed by atoms with van der Waals surface area (Å²) in [5.41, 5.74) is 4.75. The minimum atomic E-state index is 0.108. The van der Waals surface area contributed by atoms with Gasteiger partial charge in [0, 0.05) is 23.8 Å². The zero-order chi connectivity index (χ0) is 18.3. The third-order valence-electron chi connectivity index (χ3n) is 5.44. The fourth-order valence-electron chi connectivity index (χ4n) is 4.24. The van der Waals surface area contributed by atoms with Gasteiger partial charge in [-0.2, -0.15) is 0 Å². The smallest absolute Gasteiger partial charge is 0.179 e. The number of anilines is 1. The van der Waals surface area contributed by atoms with Gasteiger partial charge in [0.05, 0.1) is 31.4 Å². The molecule has 1 fully saturated rings. The molecule has 0 bridgehead atoms. The molecule has 3 atom stereocenters. The first kappa shape index (κ1) is 17.5. The molecular formula is C21H24ClNO3. The van der Waals surface area contributed by atoms with Crippen LogP contribution in [0.15, 0.2) is 30.3 Å². The average molecular weight is 374 g/mol. The molecule has 0 spiro atoms. The monoisotopic (exact) mass is 373 g/mol. The van der Waals surface area contributed by atoms with Crippen LogP contribution in [0.4, 0.5) is 5.69 Å². The van der Waals surface area contributed by atoms with E-state index < -0.39 is 0 Å². The molecule has 2 aliphatic heterocycles. The number of methoxy groups -OCH3 is 2. The number of hydrogen-bond acceptors (Lipinski definition) is 4. The van der Waals surface area contributed by atoms with Crippen LogP contribution in [0.5, 0.6) is 11.5 Å². The lowest BCUT2D eigenvalue weighted by molar-refractivity contribution is -0.0381. The Morgan fingerprint density at radius 2 is 2.00 bits per heavy atom. The summed E-state index contributed by atoms with van der Waals surface area (Å²) >= 11 is 6.46. The van der Waals surface area contributed by atoms with Crippen LogP contribution < -0.4 is 14.8 Å². The largest absolute Gasteiger partial charge is 0.493 e. The highest BCUT2D eigenvalue weighted by molar-refractivity contribution is 6.32. The first-order chi connectivity index (χ1) is 12.6. The van der Waals surface area contributed by atoms with Crippen molar-refractivity contribution in [1.82, 2.24) is 0 Å². The highest BCUT2D eigenvalue weighted by Crippen LogP contribution is 2.50. The molecule has 0 amide bonds. The molecule has 4 rings (SSSR count). The summed E-state index contributed by atoms with van der Waals surface area (Å²) < 4.78 is 17.1. The number of ether oxygens (including phenoxy) is 3. The lowest BCUT2D eigenvalue weighted by Crippen LogP contribution is -2.36. The van der Waals surface area contributed by atoms with Crippen molar-refractivity contribution in [2.45, 2.75) is 31.9 Å². The second-order valence-electron chi connectivity index (χ2n) is 7.05. The van der Waals surface area contributed by atoms with Crippen LogP contribution in [0.3, 0.4) is 0 Å². The number of halogens is 1. The van der Waals surface area contributed by atoms with Crippen molar-refractivity contribution in [2.24, 2.45) is 5.92 Å². The Balaban J connectivity index is 1.79. The van der Waals surface area contributed by atoms with E-state index in [1.165, 1.54) is 11.1 Å². The third-order valence-corrected chi connectivity index (χ3v) is 5.72. The van der Waals surface area contributed by atoms with Gasteiger partial charge in [-0.3, -0.25) is 0 Å². The van der Waals surface area contributed by atoms with E-state index in [0.717, 1.165) is 30.7 Å². The molecule has 1 saturated heterocycles. The molecule has 138 valence electrons. The average Bonchev–Trinajstić information content (AvgIpc) is 2.66. The van der Waals surface area contributed by atoms with E-state index in [1.54, 1.807) is 14.2 Å². The minimum Gasteiger partial charge on any atom is -0.493 e. The summed E-state index contributed by atoms with van der Waals surface area (Å²) in [4.78, 5) is 0. The topological polar surface area (TPSA) is 39.7 Å². The Labute approximate surface area is 159 Å². The van der Waals surface area contributed by atoms with Crippen molar-refractivity contribution < 1.29 is 14.2 Å². The molecule has 0 saturated carbocycles. The predicted molar refractivity (Wildman–Crippen MR) is 104 cm³/mol. The van der Waals surface area contributed by atoms with Gasteiger partial charge in [0.15, 0.2) is 11.5 Å². The van der Waals surface area contributed by atoms with E-state index >= 15 is 0 Å². The van der Waals surface area contributed by atoms with Crippen molar-refractivity contribution in [2.75, 3.05) is 26.1 Å². The van der Waals surface area contributed by atoms with E-state index in [0.29, 0.717) is 22.4 Å². The number of hydrogen-bond donors (Lipinski definition) is 1. The second-order valence-corrected chi connectivity index (χ2v) is 7.46. The Morgan fingerprint density at radius 3 is 2.77 bits per heavy atom. The summed E-state index contributed by atoms with van der Waals surface area (Å²) in [6.45, 7) is 2.94. The second kappa shape index (κ2) is 7.01. The van der Waals surface area contributed by atoms with Gasteiger partial charge in [0.2, 0.25) is 0 Å². The Kier molecular flexibility index (Phi) is 4.72. The fraction of sp³-hybridized carbons (Fsp3) is 0.429. The van der Waals surface area contributed by atoms with Gasteiger partial charge in [-0.05, 0) is 43.5 Å². The zero-order valence-electron chi connectivity index (χ0n) is 15.3. The summed E-state index contributed by atoms with van der Waals surface area (Å²) in [7, 11) is 3.24. The van der Waals surface area contributed by atoms with Gasteiger partial charge in [-0.25, -0.2) is 0 Å². The van der Waals surface area contributed by atoms with Crippen LogP contribution in [0.2, 0.25) is 5.02 Å². The summed E-state index contributed by atoms with van der Waals surface area (Å²) in [5, 5.41) is 4.28. The summed E-state index contributed by atoms with van der Waals surface area (Å²) in [6.07, 6.45) is 2.29. The molecule has 4 nitrogen and oxygen atoms in total. The lowest BCUT2D eigenvalue weighted by Gasteiger charge is -2.43. The predicted octanol–water partition coefficient (Wildman–Crippen LogP) is 5.30. The molecule has 2 heterocycles. The molecule has 5 heteroatoms. The van der Waals surface area contributed by atoms with Crippen molar-refractivity contribution in [1.29, 1.82) is 0 Å². The SMILES string of the molecule is COc1cc([C@H]2Nc3ccc(C)cc3[C@H]3OCCC[C@@H]23)cc(Cl)c1OC. The van der Waals surface area contributed by atoms with Gasteiger partial charge in [-0.15, -0.1) is 0 Å². The van der Waals surface area contributed by atoms with Crippen LogP contribution in [0.1, 0.15) is 41.7 Å². The normalized spacial score (nSPS) is 24.2. The van der Waals surface area contributed by atoms with Crippen LogP contribution in [0, 0.1) is 12.8 Å². The maximum atomic E-state index is 6.46. The third kappa shape index (κ3) is 2.91. The van der Waals surface area contributed by atoms with Crippen molar-refractivity contribution >= 4 is 17.3 Å². The van der Waals surface area contributed by atoms with Crippen LogP contribution in [0.25, 0.3) is 0 Å². The standard InChI is InChI=1S/C21H24ClNO3/c1-12-6-7-17-15(9-12)20-14(5-4-8-26-20)19(23-17)13-10-16(22)21(25-3)18(11-13)24-2/h6-7,9-11,14,19-20,23H,4-5,8H2,1-3H3/t14-,19+,20-/m0/s1.